The van der Waals surface area contributed by atoms with E-state index in [0.717, 1.165) is 25.8 Å². The summed E-state index contributed by atoms with van der Waals surface area (Å²) in [5.74, 6) is -0.295. The van der Waals surface area contributed by atoms with E-state index < -0.39 is 6.03 Å². The first-order valence-electron chi connectivity index (χ1n) is 6.30. The quantitative estimate of drug-likeness (QED) is 0.633. The number of hydrogen-bond donors (Lipinski definition) is 3. The number of amides is 3. The summed E-state index contributed by atoms with van der Waals surface area (Å²) in [6.45, 7) is 5.46. The van der Waals surface area contributed by atoms with Crippen LogP contribution < -0.4 is 16.4 Å². The molecular weight excluding hydrogens is 268 g/mol. The Balaban J connectivity index is 0.00000324. The van der Waals surface area contributed by atoms with E-state index in [2.05, 4.69) is 17.2 Å². The normalized spacial score (nSPS) is 19.1. The van der Waals surface area contributed by atoms with Crippen molar-refractivity contribution in [2.24, 2.45) is 5.73 Å². The number of likely N-dealkylation sites (tertiary alicyclic amines) is 1. The van der Waals surface area contributed by atoms with Crippen LogP contribution in [-0.2, 0) is 4.79 Å². The first-order chi connectivity index (χ1) is 8.67. The number of halogens is 1. The van der Waals surface area contributed by atoms with Gasteiger partial charge in [0.15, 0.2) is 0 Å². The molecule has 3 amide bonds. The van der Waals surface area contributed by atoms with E-state index in [1.165, 1.54) is 0 Å². The second-order valence-electron chi connectivity index (χ2n) is 4.40. The lowest BCUT2D eigenvalue weighted by Gasteiger charge is -2.34. The van der Waals surface area contributed by atoms with E-state index in [4.69, 9.17) is 5.73 Å². The predicted molar refractivity (Wildman–Crippen MR) is 77.3 cm³/mol. The van der Waals surface area contributed by atoms with E-state index in [0.29, 0.717) is 13.1 Å². The van der Waals surface area contributed by atoms with E-state index in [-0.39, 0.29) is 30.9 Å². The summed E-state index contributed by atoms with van der Waals surface area (Å²) in [6, 6.07) is -0.234. The van der Waals surface area contributed by atoms with Crippen LogP contribution >= 0.6 is 12.4 Å². The fraction of sp³-hybridized carbons (Fsp3) is 0.667. The molecule has 1 aliphatic rings. The van der Waals surface area contributed by atoms with Gasteiger partial charge < -0.3 is 11.1 Å². The number of carbonyl (C=O) groups excluding carboxylic acids is 2. The summed E-state index contributed by atoms with van der Waals surface area (Å²) in [4.78, 5) is 25.0. The monoisotopic (exact) mass is 290 g/mol. The maximum Gasteiger partial charge on any atom is 0.321 e. The number of hydrogen-bond acceptors (Lipinski definition) is 4. The third-order valence-electron chi connectivity index (χ3n) is 3.03. The molecule has 7 heteroatoms. The van der Waals surface area contributed by atoms with Crippen molar-refractivity contribution in [3.8, 4) is 0 Å². The van der Waals surface area contributed by atoms with Crippen molar-refractivity contribution in [2.75, 3.05) is 26.2 Å². The maximum atomic E-state index is 11.7. The molecule has 1 unspecified atom stereocenters. The first-order valence-corrected chi connectivity index (χ1v) is 6.30. The molecule has 0 saturated carbocycles. The Labute approximate surface area is 120 Å². The van der Waals surface area contributed by atoms with Gasteiger partial charge in [-0.3, -0.25) is 15.0 Å². The van der Waals surface area contributed by atoms with E-state index in [9.17, 15) is 9.59 Å². The van der Waals surface area contributed by atoms with Crippen LogP contribution in [-0.4, -0.2) is 49.1 Å². The topological polar surface area (TPSA) is 87.5 Å². The van der Waals surface area contributed by atoms with Crippen molar-refractivity contribution >= 4 is 24.3 Å². The first kappa shape index (κ1) is 17.9. The van der Waals surface area contributed by atoms with Crippen LogP contribution in [0.25, 0.3) is 0 Å². The Hall–Kier alpha value is -1.11. The maximum absolute atomic E-state index is 11.7. The summed E-state index contributed by atoms with van der Waals surface area (Å²) in [5.41, 5.74) is 5.67. The number of nitrogens with zero attached hydrogens (tertiary/aromatic N) is 1. The number of imide groups is 1. The van der Waals surface area contributed by atoms with Gasteiger partial charge in [-0.2, -0.15) is 0 Å². The molecule has 1 fully saturated rings. The molecule has 4 N–H and O–H groups in total. The van der Waals surface area contributed by atoms with Gasteiger partial charge >= 0.3 is 6.03 Å². The molecule has 110 valence electrons. The zero-order valence-electron chi connectivity index (χ0n) is 11.1. The van der Waals surface area contributed by atoms with Crippen molar-refractivity contribution in [2.45, 2.75) is 25.3 Å². The summed E-state index contributed by atoms with van der Waals surface area (Å²) in [7, 11) is 0. The van der Waals surface area contributed by atoms with Crippen LogP contribution in [0.5, 0.6) is 0 Å². The molecule has 1 rings (SSSR count). The SMILES string of the molecule is C=CCNC(=O)NC(=O)CN1CCCCC1CN.Cl. The predicted octanol–water partition coefficient (Wildman–Crippen LogP) is 0.233. The molecule has 0 bridgehead atoms. The van der Waals surface area contributed by atoms with Crippen LogP contribution in [0.3, 0.4) is 0 Å². The molecular formula is C12H23ClN4O2. The Morgan fingerprint density at radius 2 is 2.16 bits per heavy atom. The molecule has 6 nitrogen and oxygen atoms in total. The molecule has 0 radical (unpaired) electrons. The molecule has 19 heavy (non-hydrogen) atoms. The summed E-state index contributed by atoms with van der Waals surface area (Å²) in [6.07, 6.45) is 4.80. The van der Waals surface area contributed by atoms with Crippen molar-refractivity contribution in [3.05, 3.63) is 12.7 Å². The summed E-state index contributed by atoms with van der Waals surface area (Å²) >= 11 is 0. The smallest absolute Gasteiger partial charge is 0.321 e. The van der Waals surface area contributed by atoms with Crippen LogP contribution in [0.1, 0.15) is 19.3 Å². The van der Waals surface area contributed by atoms with Gasteiger partial charge in [-0.15, -0.1) is 19.0 Å². The fourth-order valence-corrected chi connectivity index (χ4v) is 2.09. The lowest BCUT2D eigenvalue weighted by atomic mass is 10.0. The molecule has 0 aromatic rings. The minimum absolute atomic E-state index is 0. The highest BCUT2D eigenvalue weighted by molar-refractivity contribution is 5.95. The van der Waals surface area contributed by atoms with Crippen LogP contribution in [0.15, 0.2) is 12.7 Å². The molecule has 0 aromatic carbocycles. The average molecular weight is 291 g/mol. The van der Waals surface area contributed by atoms with E-state index >= 15 is 0 Å². The number of piperidine rings is 1. The Bertz CT molecular complexity index is 312. The summed E-state index contributed by atoms with van der Waals surface area (Å²) < 4.78 is 0. The van der Waals surface area contributed by atoms with Gasteiger partial charge in [-0.1, -0.05) is 12.5 Å². The molecule has 0 spiro atoms. The Morgan fingerprint density at radius 3 is 2.79 bits per heavy atom. The molecule has 1 saturated heterocycles. The minimum atomic E-state index is -0.485. The second kappa shape index (κ2) is 9.77. The fourth-order valence-electron chi connectivity index (χ4n) is 2.09. The van der Waals surface area contributed by atoms with Gasteiger partial charge in [0.05, 0.1) is 6.54 Å². The third kappa shape index (κ3) is 6.56. The van der Waals surface area contributed by atoms with Gasteiger partial charge in [-0.05, 0) is 19.4 Å². The van der Waals surface area contributed by atoms with Crippen molar-refractivity contribution < 1.29 is 9.59 Å². The van der Waals surface area contributed by atoms with E-state index in [1.807, 2.05) is 4.90 Å². The highest BCUT2D eigenvalue weighted by Crippen LogP contribution is 2.15. The molecule has 1 atom stereocenters. The van der Waals surface area contributed by atoms with Crippen LogP contribution in [0.4, 0.5) is 4.79 Å². The standard InChI is InChI=1S/C12H22N4O2.ClH/c1-2-6-14-12(18)15-11(17)9-16-7-4-3-5-10(16)8-13;/h2,10H,1,3-9,13H2,(H2,14,15,17,18);1H. The zero-order valence-corrected chi connectivity index (χ0v) is 11.9. The van der Waals surface area contributed by atoms with Gasteiger partial charge in [0, 0.05) is 19.1 Å². The molecule has 0 aliphatic carbocycles. The Kier molecular flexibility index (Phi) is 9.20. The third-order valence-corrected chi connectivity index (χ3v) is 3.03. The molecule has 0 aromatic heterocycles. The van der Waals surface area contributed by atoms with Gasteiger partial charge in [0.2, 0.25) is 5.91 Å². The van der Waals surface area contributed by atoms with Crippen molar-refractivity contribution in [3.63, 3.8) is 0 Å². The number of carbonyl (C=O) groups is 2. The second-order valence-corrected chi connectivity index (χ2v) is 4.40. The minimum Gasteiger partial charge on any atom is -0.334 e. The lowest BCUT2D eigenvalue weighted by Crippen LogP contribution is -2.50. The highest BCUT2D eigenvalue weighted by atomic mass is 35.5. The van der Waals surface area contributed by atoms with Gasteiger partial charge in [0.25, 0.3) is 0 Å². The average Bonchev–Trinajstić information content (AvgIpc) is 2.36. The zero-order chi connectivity index (χ0) is 13.4. The van der Waals surface area contributed by atoms with Gasteiger partial charge in [-0.25, -0.2) is 4.79 Å². The van der Waals surface area contributed by atoms with Crippen LogP contribution in [0.2, 0.25) is 0 Å². The number of rotatable bonds is 5. The van der Waals surface area contributed by atoms with E-state index in [1.54, 1.807) is 6.08 Å². The lowest BCUT2D eigenvalue weighted by molar-refractivity contribution is -0.122. The molecule has 1 aliphatic heterocycles. The van der Waals surface area contributed by atoms with Gasteiger partial charge in [0.1, 0.15) is 0 Å². The Morgan fingerprint density at radius 1 is 1.42 bits per heavy atom. The van der Waals surface area contributed by atoms with Crippen LogP contribution in [0, 0.1) is 0 Å². The molecule has 1 heterocycles. The van der Waals surface area contributed by atoms with Crippen molar-refractivity contribution in [1.82, 2.24) is 15.5 Å². The number of nitrogens with one attached hydrogen (secondary N) is 2. The number of nitrogens with two attached hydrogens (primary N) is 1. The van der Waals surface area contributed by atoms with Crippen molar-refractivity contribution in [1.29, 1.82) is 0 Å². The number of urea groups is 1. The highest BCUT2D eigenvalue weighted by Gasteiger charge is 2.23. The summed E-state index contributed by atoms with van der Waals surface area (Å²) in [5, 5.41) is 4.78. The largest absolute Gasteiger partial charge is 0.334 e.